The molecule has 2 aromatic rings. The summed E-state index contributed by atoms with van der Waals surface area (Å²) in [5.74, 6) is 0. The molecule has 1 heterocycles. The highest BCUT2D eigenvalue weighted by Crippen LogP contribution is 2.33. The molecule has 0 saturated heterocycles. The molecule has 0 unspecified atom stereocenters. The van der Waals surface area contributed by atoms with Gasteiger partial charge in [0.1, 0.15) is 6.33 Å². The summed E-state index contributed by atoms with van der Waals surface area (Å²) in [6.45, 7) is 1.95. The number of fused-ring (bicyclic) bond motifs is 1. The SMILES string of the molecule is CN(CCCn1cnnn1)[C@@H]1CCCc2ccccc21. The van der Waals surface area contributed by atoms with Crippen LogP contribution in [0.2, 0.25) is 0 Å². The molecule has 5 heteroatoms. The molecule has 5 nitrogen and oxygen atoms in total. The summed E-state index contributed by atoms with van der Waals surface area (Å²) in [7, 11) is 2.23. The van der Waals surface area contributed by atoms with E-state index in [1.165, 1.54) is 30.4 Å². The topological polar surface area (TPSA) is 46.8 Å². The Morgan fingerprint density at radius 1 is 1.35 bits per heavy atom. The molecule has 1 atom stereocenters. The molecule has 0 spiro atoms. The second-order valence-corrected chi connectivity index (χ2v) is 5.51. The second-order valence-electron chi connectivity index (χ2n) is 5.51. The number of hydrogen-bond donors (Lipinski definition) is 0. The third kappa shape index (κ3) is 2.88. The first kappa shape index (κ1) is 13.2. The lowest BCUT2D eigenvalue weighted by Gasteiger charge is -2.33. The quantitative estimate of drug-likeness (QED) is 0.835. The van der Waals surface area contributed by atoms with Gasteiger partial charge in [0.15, 0.2) is 0 Å². The largest absolute Gasteiger partial charge is 0.299 e. The van der Waals surface area contributed by atoms with Crippen LogP contribution in [0.4, 0.5) is 0 Å². The van der Waals surface area contributed by atoms with Crippen LogP contribution < -0.4 is 0 Å². The van der Waals surface area contributed by atoms with Gasteiger partial charge in [0, 0.05) is 19.1 Å². The number of aromatic nitrogens is 4. The lowest BCUT2D eigenvalue weighted by Crippen LogP contribution is -2.29. The number of benzene rings is 1. The first-order chi connectivity index (χ1) is 9.84. The van der Waals surface area contributed by atoms with Crippen molar-refractivity contribution in [3.8, 4) is 0 Å². The standard InChI is InChI=1S/C15H21N5/c1-19(10-5-11-20-12-16-17-18-20)15-9-4-7-13-6-2-3-8-14(13)15/h2-3,6,8,12,15H,4-5,7,9-11H2,1H3/t15-/m1/s1. The fraction of sp³-hybridized carbons (Fsp3) is 0.533. The summed E-state index contributed by atoms with van der Waals surface area (Å²) in [5.41, 5.74) is 3.04. The van der Waals surface area contributed by atoms with Crippen LogP contribution in [0.25, 0.3) is 0 Å². The van der Waals surface area contributed by atoms with Crippen LogP contribution in [0, 0.1) is 0 Å². The van der Waals surface area contributed by atoms with E-state index < -0.39 is 0 Å². The van der Waals surface area contributed by atoms with Crippen LogP contribution in [0.5, 0.6) is 0 Å². The lowest BCUT2D eigenvalue weighted by atomic mass is 9.87. The number of aryl methyl sites for hydroxylation is 2. The van der Waals surface area contributed by atoms with Gasteiger partial charge < -0.3 is 0 Å². The van der Waals surface area contributed by atoms with Crippen molar-refractivity contribution in [1.82, 2.24) is 25.1 Å². The molecular formula is C15H21N5. The van der Waals surface area contributed by atoms with Crippen molar-refractivity contribution < 1.29 is 0 Å². The highest BCUT2D eigenvalue weighted by Gasteiger charge is 2.22. The molecule has 0 fully saturated rings. The summed E-state index contributed by atoms with van der Waals surface area (Å²) in [6.07, 6.45) is 6.53. The summed E-state index contributed by atoms with van der Waals surface area (Å²) < 4.78 is 1.79. The van der Waals surface area contributed by atoms with E-state index in [2.05, 4.69) is 51.7 Å². The molecule has 0 bridgehead atoms. The molecule has 0 N–H and O–H groups in total. The first-order valence-electron chi connectivity index (χ1n) is 7.33. The zero-order chi connectivity index (χ0) is 13.8. The van der Waals surface area contributed by atoms with Crippen LogP contribution in [-0.2, 0) is 13.0 Å². The normalized spacial score (nSPS) is 18.2. The molecule has 1 aliphatic carbocycles. The van der Waals surface area contributed by atoms with E-state index in [9.17, 15) is 0 Å². The predicted molar refractivity (Wildman–Crippen MR) is 77.2 cm³/mol. The van der Waals surface area contributed by atoms with E-state index in [-0.39, 0.29) is 0 Å². The summed E-state index contributed by atoms with van der Waals surface area (Å²) in [4.78, 5) is 2.47. The minimum Gasteiger partial charge on any atom is -0.299 e. The van der Waals surface area contributed by atoms with Gasteiger partial charge in [-0.05, 0) is 54.3 Å². The molecule has 0 saturated carbocycles. The zero-order valence-electron chi connectivity index (χ0n) is 11.9. The van der Waals surface area contributed by atoms with E-state index in [0.717, 1.165) is 19.5 Å². The third-order valence-corrected chi connectivity index (χ3v) is 4.16. The molecule has 20 heavy (non-hydrogen) atoms. The van der Waals surface area contributed by atoms with Crippen molar-refractivity contribution >= 4 is 0 Å². The summed E-state index contributed by atoms with van der Waals surface area (Å²) >= 11 is 0. The Kier molecular flexibility index (Phi) is 4.06. The Bertz CT molecular complexity index is 537. The molecule has 3 rings (SSSR count). The van der Waals surface area contributed by atoms with E-state index in [0.29, 0.717) is 6.04 Å². The maximum atomic E-state index is 3.90. The van der Waals surface area contributed by atoms with E-state index in [1.54, 1.807) is 11.0 Å². The van der Waals surface area contributed by atoms with Gasteiger partial charge in [0.25, 0.3) is 0 Å². The average Bonchev–Trinajstić information content (AvgIpc) is 3.00. The van der Waals surface area contributed by atoms with Crippen molar-refractivity contribution in [2.75, 3.05) is 13.6 Å². The summed E-state index contributed by atoms with van der Waals surface area (Å²) in [6, 6.07) is 9.44. The molecule has 0 aliphatic heterocycles. The minimum atomic E-state index is 0.564. The van der Waals surface area contributed by atoms with Gasteiger partial charge in [-0.1, -0.05) is 24.3 Å². The van der Waals surface area contributed by atoms with Crippen molar-refractivity contribution in [3.63, 3.8) is 0 Å². The highest BCUT2D eigenvalue weighted by atomic mass is 15.5. The van der Waals surface area contributed by atoms with Gasteiger partial charge in [0.2, 0.25) is 0 Å². The maximum absolute atomic E-state index is 3.90. The van der Waals surface area contributed by atoms with Gasteiger partial charge in [-0.3, -0.25) is 4.90 Å². The van der Waals surface area contributed by atoms with Crippen LogP contribution in [0.3, 0.4) is 0 Å². The minimum absolute atomic E-state index is 0.564. The molecule has 1 aromatic heterocycles. The molecule has 0 amide bonds. The molecule has 1 aromatic carbocycles. The van der Waals surface area contributed by atoms with Crippen LogP contribution in [-0.4, -0.2) is 38.7 Å². The molecule has 0 radical (unpaired) electrons. The van der Waals surface area contributed by atoms with Gasteiger partial charge in [0.05, 0.1) is 0 Å². The average molecular weight is 271 g/mol. The fourth-order valence-electron chi connectivity index (χ4n) is 3.11. The number of hydrogen-bond acceptors (Lipinski definition) is 4. The van der Waals surface area contributed by atoms with Crippen molar-refractivity contribution in [3.05, 3.63) is 41.7 Å². The van der Waals surface area contributed by atoms with Crippen molar-refractivity contribution in [1.29, 1.82) is 0 Å². The van der Waals surface area contributed by atoms with Crippen LogP contribution in [0.1, 0.15) is 36.4 Å². The van der Waals surface area contributed by atoms with Crippen molar-refractivity contribution in [2.24, 2.45) is 0 Å². The fourth-order valence-corrected chi connectivity index (χ4v) is 3.11. The Balaban J connectivity index is 1.59. The lowest BCUT2D eigenvalue weighted by molar-refractivity contribution is 0.214. The second kappa shape index (κ2) is 6.13. The van der Waals surface area contributed by atoms with E-state index in [4.69, 9.17) is 0 Å². The highest BCUT2D eigenvalue weighted by molar-refractivity contribution is 5.32. The Morgan fingerprint density at radius 2 is 2.25 bits per heavy atom. The van der Waals surface area contributed by atoms with Crippen molar-refractivity contribution in [2.45, 2.75) is 38.3 Å². The van der Waals surface area contributed by atoms with Gasteiger partial charge in [-0.15, -0.1) is 5.10 Å². The Hall–Kier alpha value is -1.75. The van der Waals surface area contributed by atoms with Crippen LogP contribution in [0.15, 0.2) is 30.6 Å². The first-order valence-corrected chi connectivity index (χ1v) is 7.33. The summed E-state index contributed by atoms with van der Waals surface area (Å²) in [5, 5.41) is 11.2. The number of tetrazole rings is 1. The number of nitrogens with zero attached hydrogens (tertiary/aromatic N) is 5. The molecule has 1 aliphatic rings. The van der Waals surface area contributed by atoms with E-state index in [1.807, 2.05) is 0 Å². The smallest absolute Gasteiger partial charge is 0.138 e. The number of rotatable bonds is 5. The Labute approximate surface area is 119 Å². The zero-order valence-corrected chi connectivity index (χ0v) is 11.9. The predicted octanol–water partition coefficient (Wildman–Crippen LogP) is 2.07. The van der Waals surface area contributed by atoms with Crippen LogP contribution >= 0.6 is 0 Å². The monoisotopic (exact) mass is 271 g/mol. The Morgan fingerprint density at radius 3 is 3.10 bits per heavy atom. The molecule has 106 valence electrons. The van der Waals surface area contributed by atoms with E-state index >= 15 is 0 Å². The molecular weight excluding hydrogens is 250 g/mol. The third-order valence-electron chi connectivity index (χ3n) is 4.16. The van der Waals surface area contributed by atoms with Gasteiger partial charge >= 0.3 is 0 Å². The maximum Gasteiger partial charge on any atom is 0.138 e. The van der Waals surface area contributed by atoms with Gasteiger partial charge in [-0.25, -0.2) is 4.68 Å². The van der Waals surface area contributed by atoms with Gasteiger partial charge in [-0.2, -0.15) is 0 Å².